The van der Waals surface area contributed by atoms with Crippen LogP contribution in [0, 0.1) is 5.41 Å². The first-order valence-electron chi connectivity index (χ1n) is 8.64. The first-order valence-corrected chi connectivity index (χ1v) is 8.64. The zero-order valence-electron chi connectivity index (χ0n) is 15.0. The molecule has 0 aromatic heterocycles. The van der Waals surface area contributed by atoms with Gasteiger partial charge in [-0.05, 0) is 49.6 Å². The highest BCUT2D eigenvalue weighted by Gasteiger charge is 2.57. The summed E-state index contributed by atoms with van der Waals surface area (Å²) >= 11 is 0. The standard InChI is InChI=1S/C21H22N2O3/c1-15(24)17-8-10-18(11-9-17)22-19(25)21(12-13-21)20(26)23(2)14-16-6-4-3-5-7-16/h3-11H,12-14H2,1-2H3,(H,22,25). The summed E-state index contributed by atoms with van der Waals surface area (Å²) in [5, 5.41) is 2.81. The van der Waals surface area contributed by atoms with E-state index in [1.54, 1.807) is 36.2 Å². The van der Waals surface area contributed by atoms with Crippen LogP contribution in [0.1, 0.15) is 35.7 Å². The monoisotopic (exact) mass is 350 g/mol. The molecule has 0 heterocycles. The Bertz CT molecular complexity index is 824. The number of ketones is 1. The van der Waals surface area contributed by atoms with Gasteiger partial charge in [-0.3, -0.25) is 14.4 Å². The minimum atomic E-state index is -0.969. The predicted molar refractivity (Wildman–Crippen MR) is 99.7 cm³/mol. The highest BCUT2D eigenvalue weighted by molar-refractivity contribution is 6.13. The first kappa shape index (κ1) is 17.9. The second kappa shape index (κ2) is 7.12. The van der Waals surface area contributed by atoms with Gasteiger partial charge in [-0.15, -0.1) is 0 Å². The van der Waals surface area contributed by atoms with Crippen LogP contribution in [0.2, 0.25) is 0 Å². The predicted octanol–water partition coefficient (Wildman–Crippen LogP) is 3.27. The lowest BCUT2D eigenvalue weighted by Gasteiger charge is -2.23. The number of carbonyl (C=O) groups is 3. The molecule has 134 valence electrons. The van der Waals surface area contributed by atoms with E-state index in [1.165, 1.54) is 6.92 Å². The average molecular weight is 350 g/mol. The lowest BCUT2D eigenvalue weighted by atomic mass is 10.0. The third-order valence-electron chi connectivity index (χ3n) is 4.75. The van der Waals surface area contributed by atoms with Gasteiger partial charge in [0.25, 0.3) is 0 Å². The Morgan fingerprint density at radius 3 is 2.15 bits per heavy atom. The molecular weight excluding hydrogens is 328 g/mol. The van der Waals surface area contributed by atoms with Gasteiger partial charge in [0, 0.05) is 24.8 Å². The van der Waals surface area contributed by atoms with E-state index in [0.717, 1.165) is 5.56 Å². The molecule has 0 saturated heterocycles. The van der Waals surface area contributed by atoms with Crippen LogP contribution < -0.4 is 5.32 Å². The quantitative estimate of drug-likeness (QED) is 0.642. The van der Waals surface area contributed by atoms with Crippen LogP contribution in [0.5, 0.6) is 0 Å². The fourth-order valence-corrected chi connectivity index (χ4v) is 3.00. The molecule has 0 atom stereocenters. The van der Waals surface area contributed by atoms with Gasteiger partial charge in [0.2, 0.25) is 11.8 Å². The summed E-state index contributed by atoms with van der Waals surface area (Å²) in [4.78, 5) is 38.5. The summed E-state index contributed by atoms with van der Waals surface area (Å²) < 4.78 is 0. The largest absolute Gasteiger partial charge is 0.340 e. The van der Waals surface area contributed by atoms with Crippen molar-refractivity contribution in [1.82, 2.24) is 4.90 Å². The lowest BCUT2D eigenvalue weighted by Crippen LogP contribution is -2.40. The molecule has 0 aliphatic heterocycles. The van der Waals surface area contributed by atoms with Gasteiger partial charge < -0.3 is 10.2 Å². The Morgan fingerprint density at radius 1 is 1.00 bits per heavy atom. The molecule has 5 nitrogen and oxygen atoms in total. The summed E-state index contributed by atoms with van der Waals surface area (Å²) in [6.07, 6.45) is 1.12. The summed E-state index contributed by atoms with van der Waals surface area (Å²) in [5.74, 6) is -0.462. The lowest BCUT2D eigenvalue weighted by molar-refractivity contribution is -0.141. The molecule has 1 N–H and O–H groups in total. The summed E-state index contributed by atoms with van der Waals surface area (Å²) in [7, 11) is 1.73. The van der Waals surface area contributed by atoms with Crippen LogP contribution in [0.4, 0.5) is 5.69 Å². The molecule has 0 spiro atoms. The Balaban J connectivity index is 1.66. The van der Waals surface area contributed by atoms with Crippen molar-refractivity contribution in [2.24, 2.45) is 5.41 Å². The van der Waals surface area contributed by atoms with Gasteiger partial charge in [0.05, 0.1) is 0 Å². The Hall–Kier alpha value is -2.95. The molecule has 3 rings (SSSR count). The highest BCUT2D eigenvalue weighted by atomic mass is 16.2. The summed E-state index contributed by atoms with van der Waals surface area (Å²) in [6, 6.07) is 16.4. The second-order valence-electron chi connectivity index (χ2n) is 6.82. The van der Waals surface area contributed by atoms with E-state index in [2.05, 4.69) is 5.32 Å². The van der Waals surface area contributed by atoms with Crippen LogP contribution >= 0.6 is 0 Å². The molecule has 1 aliphatic carbocycles. The molecule has 1 fully saturated rings. The number of Topliss-reactive ketones (excluding diaryl/α,β-unsaturated/α-hetero) is 1. The molecule has 2 aromatic carbocycles. The van der Waals surface area contributed by atoms with Crippen molar-refractivity contribution < 1.29 is 14.4 Å². The van der Waals surface area contributed by atoms with Gasteiger partial charge in [-0.25, -0.2) is 0 Å². The van der Waals surface area contributed by atoms with Gasteiger partial charge in [0.1, 0.15) is 5.41 Å². The van der Waals surface area contributed by atoms with Gasteiger partial charge in [-0.2, -0.15) is 0 Å². The number of hydrogen-bond donors (Lipinski definition) is 1. The molecule has 1 saturated carbocycles. The maximum Gasteiger partial charge on any atom is 0.240 e. The zero-order chi connectivity index (χ0) is 18.7. The molecule has 2 amide bonds. The normalized spacial score (nSPS) is 14.4. The maximum atomic E-state index is 12.8. The Kier molecular flexibility index (Phi) is 4.89. The zero-order valence-corrected chi connectivity index (χ0v) is 15.0. The fraction of sp³-hybridized carbons (Fsp3) is 0.286. The SMILES string of the molecule is CC(=O)c1ccc(NC(=O)C2(C(=O)N(C)Cc3ccccc3)CC2)cc1. The fourth-order valence-electron chi connectivity index (χ4n) is 3.00. The van der Waals surface area contributed by atoms with Crippen molar-refractivity contribution >= 4 is 23.3 Å². The van der Waals surface area contributed by atoms with Crippen molar-refractivity contribution in [3.05, 3.63) is 65.7 Å². The van der Waals surface area contributed by atoms with Crippen molar-refractivity contribution in [3.63, 3.8) is 0 Å². The molecular formula is C21H22N2O3. The van der Waals surface area contributed by atoms with E-state index in [1.807, 2.05) is 30.3 Å². The number of anilines is 1. The number of benzene rings is 2. The average Bonchev–Trinajstić information content (AvgIpc) is 3.44. The molecule has 26 heavy (non-hydrogen) atoms. The molecule has 0 radical (unpaired) electrons. The number of hydrogen-bond acceptors (Lipinski definition) is 3. The van der Waals surface area contributed by atoms with Crippen LogP contribution in [-0.2, 0) is 16.1 Å². The van der Waals surface area contributed by atoms with E-state index in [9.17, 15) is 14.4 Å². The minimum absolute atomic E-state index is 0.0285. The second-order valence-corrected chi connectivity index (χ2v) is 6.82. The van der Waals surface area contributed by atoms with E-state index in [0.29, 0.717) is 30.6 Å². The van der Waals surface area contributed by atoms with Gasteiger partial charge >= 0.3 is 0 Å². The minimum Gasteiger partial charge on any atom is -0.340 e. The third kappa shape index (κ3) is 3.67. The number of rotatable bonds is 6. The Labute approximate surface area is 153 Å². The van der Waals surface area contributed by atoms with E-state index in [4.69, 9.17) is 0 Å². The van der Waals surface area contributed by atoms with E-state index in [-0.39, 0.29) is 17.6 Å². The third-order valence-corrected chi connectivity index (χ3v) is 4.75. The van der Waals surface area contributed by atoms with E-state index < -0.39 is 5.41 Å². The Morgan fingerprint density at radius 2 is 1.62 bits per heavy atom. The van der Waals surface area contributed by atoms with E-state index >= 15 is 0 Å². The van der Waals surface area contributed by atoms with Crippen molar-refractivity contribution in [1.29, 1.82) is 0 Å². The van der Waals surface area contributed by atoms with Crippen LogP contribution in [-0.4, -0.2) is 29.5 Å². The van der Waals surface area contributed by atoms with Gasteiger partial charge in [-0.1, -0.05) is 30.3 Å². The summed E-state index contributed by atoms with van der Waals surface area (Å²) in [6.45, 7) is 1.97. The number of nitrogens with one attached hydrogen (secondary N) is 1. The molecule has 1 aliphatic rings. The van der Waals surface area contributed by atoms with Gasteiger partial charge in [0.15, 0.2) is 5.78 Å². The van der Waals surface area contributed by atoms with Crippen LogP contribution in [0.15, 0.2) is 54.6 Å². The summed E-state index contributed by atoms with van der Waals surface area (Å²) in [5.41, 5.74) is 1.23. The number of carbonyl (C=O) groups excluding carboxylic acids is 3. The molecule has 0 bridgehead atoms. The number of nitrogens with zero attached hydrogens (tertiary/aromatic N) is 1. The van der Waals surface area contributed by atoms with Crippen molar-refractivity contribution in [3.8, 4) is 0 Å². The molecule has 5 heteroatoms. The van der Waals surface area contributed by atoms with Crippen LogP contribution in [0.25, 0.3) is 0 Å². The first-order chi connectivity index (χ1) is 12.4. The maximum absolute atomic E-state index is 12.8. The van der Waals surface area contributed by atoms with Crippen LogP contribution in [0.3, 0.4) is 0 Å². The molecule has 2 aromatic rings. The topological polar surface area (TPSA) is 66.5 Å². The van der Waals surface area contributed by atoms with Crippen molar-refractivity contribution in [2.75, 3.05) is 12.4 Å². The molecule has 0 unspecified atom stereocenters. The van der Waals surface area contributed by atoms with Crippen molar-refractivity contribution in [2.45, 2.75) is 26.3 Å². The smallest absolute Gasteiger partial charge is 0.240 e. The highest BCUT2D eigenvalue weighted by Crippen LogP contribution is 2.48. The number of amides is 2.